The third-order valence-electron chi connectivity index (χ3n) is 14.5. The molecule has 0 spiro atoms. The van der Waals surface area contributed by atoms with Crippen molar-refractivity contribution in [2.75, 3.05) is 6.54 Å². The second-order valence-electron chi connectivity index (χ2n) is 21.4. The van der Waals surface area contributed by atoms with Crippen LogP contribution in [0.2, 0.25) is 0 Å². The van der Waals surface area contributed by atoms with Gasteiger partial charge in [0, 0.05) is 68.4 Å². The van der Waals surface area contributed by atoms with E-state index in [-0.39, 0.29) is 69.2 Å². The maximum absolute atomic E-state index is 13.6. The number of carboxylic acids is 1. The Morgan fingerprint density at radius 2 is 1.41 bits per heavy atom. The summed E-state index contributed by atoms with van der Waals surface area (Å²) in [6.07, 6.45) is 0.718. The summed E-state index contributed by atoms with van der Waals surface area (Å²) < 4.78 is 17.5. The van der Waals surface area contributed by atoms with Gasteiger partial charge in [-0.15, -0.1) is 0 Å². The fourth-order valence-corrected chi connectivity index (χ4v) is 9.34. The molecule has 0 aromatic heterocycles. The molecule has 0 amide bonds. The topological polar surface area (TPSA) is 366 Å². The van der Waals surface area contributed by atoms with E-state index in [1.54, 1.807) is 65.0 Å². The number of cyclic esters (lactones) is 1. The van der Waals surface area contributed by atoms with Crippen LogP contribution in [0.1, 0.15) is 145 Å². The number of carbonyl (C=O) groups excluding carboxylic acids is 2. The van der Waals surface area contributed by atoms with Crippen LogP contribution in [-0.2, 0) is 28.6 Å². The highest BCUT2D eigenvalue weighted by Gasteiger charge is 2.50. The summed E-state index contributed by atoms with van der Waals surface area (Å²) >= 11 is 0. The summed E-state index contributed by atoms with van der Waals surface area (Å²) in [5.74, 6) is -7.78. The number of esters is 2. The summed E-state index contributed by atoms with van der Waals surface area (Å²) in [5, 5.41) is 120. The molecule has 75 heavy (non-hydrogen) atoms. The van der Waals surface area contributed by atoms with Crippen molar-refractivity contribution in [2.24, 2.45) is 46.0 Å². The van der Waals surface area contributed by atoms with Crippen molar-refractivity contribution in [1.82, 2.24) is 0 Å². The molecule has 2 heterocycles. The first-order valence-corrected chi connectivity index (χ1v) is 26.7. The Morgan fingerprint density at radius 3 is 2.07 bits per heavy atom. The number of nitrogens with zero attached hydrogens (tertiary/aromatic N) is 1. The number of fused-ring (bicyclic) bond motifs is 2. The van der Waals surface area contributed by atoms with Crippen LogP contribution in [0.15, 0.2) is 64.7 Å². The fraction of sp³-hybridized carbons (Fsp3) is 0.745. The molecule has 0 aliphatic carbocycles. The second kappa shape index (κ2) is 34.0. The molecule has 0 aromatic carbocycles. The van der Waals surface area contributed by atoms with Crippen molar-refractivity contribution >= 4 is 23.9 Å². The predicted molar refractivity (Wildman–Crippen MR) is 282 cm³/mol. The lowest BCUT2D eigenvalue weighted by atomic mass is 9.84. The molecular weight excluding hydrogens is 975 g/mol. The molecule has 430 valence electrons. The van der Waals surface area contributed by atoms with Crippen LogP contribution in [0, 0.1) is 29.6 Å². The van der Waals surface area contributed by atoms with E-state index in [2.05, 4.69) is 17.1 Å². The summed E-state index contributed by atoms with van der Waals surface area (Å²) in [4.78, 5) is 41.5. The Labute approximate surface area is 443 Å². The third kappa shape index (κ3) is 25.3. The van der Waals surface area contributed by atoms with E-state index in [1.165, 1.54) is 0 Å². The lowest BCUT2D eigenvalue weighted by Crippen LogP contribution is -2.60. The minimum atomic E-state index is -2.52. The SMILES string of the molecule is C/C1=C\C=C\[C@@H](C)[C@H](O)C[C@H](O)[C@H](C)[C@@H](O)CC[C@@H](C)[C@H](O)C[C@@]2(O)O[C@H](C[C@@H](OC(=O)CC(=O)O)C[C@H](O)C[C@@H](O)C[C@H](O)/C(C)=C/C=C/[C@H](C)[C@@H]([C@H](C)CCC/C=C/CCCN=C(N)N)OC1=O)C[C@@H](O)[C@@H]2O. The van der Waals surface area contributed by atoms with E-state index >= 15 is 0 Å². The largest absolute Gasteiger partial charge is 0.481 e. The van der Waals surface area contributed by atoms with Crippen molar-refractivity contribution < 1.29 is 84.8 Å². The first-order valence-electron chi connectivity index (χ1n) is 26.7. The molecule has 18 atom stereocenters. The molecule has 0 unspecified atom stereocenters. The van der Waals surface area contributed by atoms with Crippen LogP contribution in [0.4, 0.5) is 0 Å². The van der Waals surface area contributed by atoms with Crippen molar-refractivity contribution in [2.45, 2.75) is 224 Å². The minimum Gasteiger partial charge on any atom is -0.481 e. The molecule has 2 aliphatic rings. The van der Waals surface area contributed by atoms with Gasteiger partial charge in [0.1, 0.15) is 24.7 Å². The van der Waals surface area contributed by atoms with E-state index in [4.69, 9.17) is 25.7 Å². The number of carboxylic acid groups (broad SMARTS) is 1. The highest BCUT2D eigenvalue weighted by Crippen LogP contribution is 2.36. The first kappa shape index (κ1) is 67.1. The van der Waals surface area contributed by atoms with Crippen molar-refractivity contribution in [1.29, 1.82) is 0 Å². The third-order valence-corrected chi connectivity index (χ3v) is 14.5. The molecule has 2 aliphatic heterocycles. The van der Waals surface area contributed by atoms with Gasteiger partial charge in [-0.2, -0.15) is 0 Å². The van der Waals surface area contributed by atoms with Crippen molar-refractivity contribution in [3.05, 3.63) is 59.8 Å². The van der Waals surface area contributed by atoms with Gasteiger partial charge in [-0.05, 0) is 82.6 Å². The van der Waals surface area contributed by atoms with Crippen LogP contribution in [-0.4, -0.2) is 166 Å². The van der Waals surface area contributed by atoms with Gasteiger partial charge in [-0.3, -0.25) is 14.6 Å². The molecule has 1 fully saturated rings. The molecule has 0 radical (unpaired) electrons. The van der Waals surface area contributed by atoms with Crippen LogP contribution in [0.5, 0.6) is 0 Å². The number of hydrogen-bond acceptors (Lipinski definition) is 17. The lowest BCUT2D eigenvalue weighted by molar-refractivity contribution is -0.333. The predicted octanol–water partition coefficient (Wildman–Crippen LogP) is 3.11. The average molecular weight is 1070 g/mol. The molecule has 0 aromatic rings. The molecule has 15 N–H and O–H groups in total. The van der Waals surface area contributed by atoms with Crippen LogP contribution >= 0.6 is 0 Å². The smallest absolute Gasteiger partial charge is 0.334 e. The van der Waals surface area contributed by atoms with E-state index in [0.29, 0.717) is 17.7 Å². The number of carbonyl (C=O) groups is 3. The van der Waals surface area contributed by atoms with E-state index in [0.717, 1.165) is 32.1 Å². The zero-order valence-electron chi connectivity index (χ0n) is 45.2. The standard InChI is InChI=1S/C55H93N3O17/c1-32-17-14-19-36(5)51(35(4)16-12-10-8-9-11-13-23-58-54(56)57)74-53(71)37(6)20-15-18-33(2)45(63)29-46(64)38(7)43(61)22-21-34(3)48(66)31-55(72)52(70)47(65)28-42(75-55)27-41(73-50(69)30-49(67)68)25-39(59)24-40(60)26-44(32)62/h8-9,14-15,17-20,33-36,38-48,51-52,59-66,70,72H,10-13,16,21-31H2,1-7H3,(H,67,68)(H4,56,57,58)/b9-8+,18-15+,19-14+,32-17+,37-20+/t33-,34-,35-,36+,38-,39-,40-,41+,42-,43+,44+,45-,46+,47-,48-,51-,52+,55-/m1/s1. The van der Waals surface area contributed by atoms with Crippen molar-refractivity contribution in [3.63, 3.8) is 0 Å². The number of aliphatic imine (C=N–C) groups is 1. The maximum atomic E-state index is 13.6. The number of guanidine groups is 1. The van der Waals surface area contributed by atoms with Gasteiger partial charge in [-0.1, -0.05) is 83.2 Å². The summed E-state index contributed by atoms with van der Waals surface area (Å²) in [7, 11) is 0. The fourth-order valence-electron chi connectivity index (χ4n) is 9.34. The number of ether oxygens (including phenoxy) is 3. The number of aliphatic carboxylic acids is 1. The molecule has 2 bridgehead atoms. The van der Waals surface area contributed by atoms with Crippen LogP contribution in [0.3, 0.4) is 0 Å². The number of aliphatic hydroxyl groups is 10. The molecule has 0 saturated carbocycles. The number of rotatable bonds is 12. The van der Waals surface area contributed by atoms with Crippen molar-refractivity contribution in [3.8, 4) is 0 Å². The maximum Gasteiger partial charge on any atom is 0.334 e. The summed E-state index contributed by atoms with van der Waals surface area (Å²) in [6.45, 7) is 12.8. The normalized spacial score (nSPS) is 38.0. The molecular formula is C55H93N3O17. The van der Waals surface area contributed by atoms with E-state index in [1.807, 2.05) is 19.9 Å². The number of hydrogen-bond donors (Lipinski definition) is 13. The Bertz CT molecular complexity index is 1910. The number of aliphatic hydroxyl groups excluding tert-OH is 9. The van der Waals surface area contributed by atoms with Gasteiger partial charge >= 0.3 is 17.9 Å². The molecule has 20 nitrogen and oxygen atoms in total. The van der Waals surface area contributed by atoms with Crippen LogP contribution in [0.25, 0.3) is 0 Å². The number of allylic oxidation sites excluding steroid dienone is 6. The van der Waals surface area contributed by atoms with Gasteiger partial charge < -0.3 is 81.8 Å². The lowest BCUT2D eigenvalue weighted by Gasteiger charge is -2.45. The minimum absolute atomic E-state index is 0.0618. The summed E-state index contributed by atoms with van der Waals surface area (Å²) in [5.41, 5.74) is 11.6. The van der Waals surface area contributed by atoms with E-state index in [9.17, 15) is 70.6 Å². The van der Waals surface area contributed by atoms with Crippen LogP contribution < -0.4 is 11.5 Å². The average Bonchev–Trinajstić information content (AvgIpc) is 3.31. The van der Waals surface area contributed by atoms with Gasteiger partial charge in [0.2, 0.25) is 0 Å². The Kier molecular flexibility index (Phi) is 30.4. The zero-order valence-corrected chi connectivity index (χ0v) is 45.2. The Balaban J connectivity index is 2.45. The quantitative estimate of drug-likeness (QED) is 0.0333. The van der Waals surface area contributed by atoms with Gasteiger partial charge in [0.05, 0.1) is 54.9 Å². The molecule has 2 rings (SSSR count). The highest BCUT2D eigenvalue weighted by molar-refractivity contribution is 5.90. The van der Waals surface area contributed by atoms with E-state index < -0.39 is 128 Å². The molecule has 1 saturated heterocycles. The number of unbranched alkanes of at least 4 members (excludes halogenated alkanes) is 2. The second-order valence-corrected chi connectivity index (χ2v) is 21.4. The number of nitrogens with two attached hydrogens (primary N) is 2. The first-order chi connectivity index (χ1) is 35.1. The van der Waals surface area contributed by atoms with Gasteiger partial charge in [0.15, 0.2) is 11.7 Å². The summed E-state index contributed by atoms with van der Waals surface area (Å²) in [6, 6.07) is 0. The molecule has 20 heteroatoms. The van der Waals surface area contributed by atoms with Gasteiger partial charge in [-0.25, -0.2) is 4.79 Å². The Hall–Kier alpha value is -4.06. The van der Waals surface area contributed by atoms with Gasteiger partial charge in [0.25, 0.3) is 0 Å². The Morgan fingerprint density at radius 1 is 0.787 bits per heavy atom. The zero-order chi connectivity index (χ0) is 56.6. The monoisotopic (exact) mass is 1070 g/mol. The highest BCUT2D eigenvalue weighted by atomic mass is 16.7.